The molecule has 3 aromatic rings. The predicted molar refractivity (Wildman–Crippen MR) is 173 cm³/mol. The Morgan fingerprint density at radius 1 is 1.07 bits per heavy atom. The van der Waals surface area contributed by atoms with Crippen LogP contribution < -0.4 is 16.4 Å². The van der Waals surface area contributed by atoms with Crippen LogP contribution in [0.1, 0.15) is 43.9 Å². The highest BCUT2D eigenvalue weighted by Gasteiger charge is 2.35. The molecule has 0 spiro atoms. The SMILES string of the molecule is COC[C@@H]1CCCN1C(=O)C(c1ccccc1)n1cnc(NC(=O)[C@@H](COCc2ccccc2)NC(=O)C(C)(C)N)c1.Cl.Cl. The Kier molecular flexibility index (Phi) is 14.3. The average molecular weight is 650 g/mol. The van der Waals surface area contributed by atoms with E-state index in [-0.39, 0.29) is 55.8 Å². The Balaban J connectivity index is 0.00000337. The van der Waals surface area contributed by atoms with Crippen molar-refractivity contribution in [3.63, 3.8) is 0 Å². The van der Waals surface area contributed by atoms with Gasteiger partial charge in [-0.25, -0.2) is 4.98 Å². The van der Waals surface area contributed by atoms with E-state index in [1.807, 2.05) is 65.6 Å². The van der Waals surface area contributed by atoms with Gasteiger partial charge >= 0.3 is 0 Å². The van der Waals surface area contributed by atoms with E-state index in [4.69, 9.17) is 15.2 Å². The van der Waals surface area contributed by atoms with Crippen LogP contribution in [0.4, 0.5) is 5.82 Å². The van der Waals surface area contributed by atoms with E-state index in [9.17, 15) is 14.4 Å². The summed E-state index contributed by atoms with van der Waals surface area (Å²) in [6.45, 7) is 4.42. The Hall–Kier alpha value is -3.48. The van der Waals surface area contributed by atoms with E-state index in [1.165, 1.54) is 6.33 Å². The molecule has 1 aliphatic heterocycles. The van der Waals surface area contributed by atoms with E-state index in [2.05, 4.69) is 15.6 Å². The summed E-state index contributed by atoms with van der Waals surface area (Å²) in [6, 6.07) is 17.3. The zero-order valence-corrected chi connectivity index (χ0v) is 26.8. The number of amides is 3. The third kappa shape index (κ3) is 9.76. The molecule has 1 unspecified atom stereocenters. The van der Waals surface area contributed by atoms with Gasteiger partial charge in [-0.15, -0.1) is 24.8 Å². The highest BCUT2D eigenvalue weighted by molar-refractivity contribution is 5.98. The molecule has 240 valence electrons. The lowest BCUT2D eigenvalue weighted by Crippen LogP contribution is -2.56. The summed E-state index contributed by atoms with van der Waals surface area (Å²) in [4.78, 5) is 46.1. The Morgan fingerprint density at radius 2 is 1.73 bits per heavy atom. The van der Waals surface area contributed by atoms with Gasteiger partial charge in [0.2, 0.25) is 5.91 Å². The number of anilines is 1. The smallest absolute Gasteiger partial charge is 0.250 e. The van der Waals surface area contributed by atoms with Crippen molar-refractivity contribution in [1.29, 1.82) is 0 Å². The van der Waals surface area contributed by atoms with Gasteiger partial charge in [0.25, 0.3) is 11.8 Å². The molecule has 0 aliphatic carbocycles. The minimum absolute atomic E-state index is 0. The number of nitrogens with two attached hydrogens (primary N) is 1. The lowest BCUT2D eigenvalue weighted by molar-refractivity contribution is -0.135. The number of halogens is 2. The maximum Gasteiger partial charge on any atom is 0.250 e. The molecular weight excluding hydrogens is 607 g/mol. The van der Waals surface area contributed by atoms with Crippen molar-refractivity contribution in [1.82, 2.24) is 19.8 Å². The van der Waals surface area contributed by atoms with Gasteiger partial charge in [-0.3, -0.25) is 14.4 Å². The minimum Gasteiger partial charge on any atom is -0.383 e. The summed E-state index contributed by atoms with van der Waals surface area (Å²) < 4.78 is 12.8. The molecule has 11 nitrogen and oxygen atoms in total. The van der Waals surface area contributed by atoms with Crippen molar-refractivity contribution < 1.29 is 23.9 Å². The summed E-state index contributed by atoms with van der Waals surface area (Å²) in [7, 11) is 1.64. The Morgan fingerprint density at radius 3 is 2.36 bits per heavy atom. The number of nitrogens with zero attached hydrogens (tertiary/aromatic N) is 3. The zero-order chi connectivity index (χ0) is 30.1. The fraction of sp³-hybridized carbons (Fsp3) is 0.419. The van der Waals surface area contributed by atoms with Crippen molar-refractivity contribution in [3.8, 4) is 0 Å². The maximum absolute atomic E-state index is 13.9. The molecule has 0 radical (unpaired) electrons. The first kappa shape index (κ1) is 36.7. The Labute approximate surface area is 270 Å². The van der Waals surface area contributed by atoms with Crippen molar-refractivity contribution in [2.24, 2.45) is 5.73 Å². The molecule has 4 N–H and O–H groups in total. The fourth-order valence-corrected chi connectivity index (χ4v) is 4.88. The monoisotopic (exact) mass is 648 g/mol. The van der Waals surface area contributed by atoms with Gasteiger partial charge in [0.15, 0.2) is 5.82 Å². The number of nitrogens with one attached hydrogen (secondary N) is 2. The molecule has 1 saturated heterocycles. The molecule has 13 heteroatoms. The number of aromatic nitrogens is 2. The number of methoxy groups -OCH3 is 1. The van der Waals surface area contributed by atoms with Gasteiger partial charge in [-0.2, -0.15) is 0 Å². The van der Waals surface area contributed by atoms with E-state index in [0.717, 1.165) is 24.0 Å². The average Bonchev–Trinajstić information content (AvgIpc) is 3.63. The number of benzene rings is 2. The number of carbonyl (C=O) groups excluding carboxylic acids is 3. The number of carbonyl (C=O) groups is 3. The summed E-state index contributed by atoms with van der Waals surface area (Å²) in [6.07, 6.45) is 4.93. The van der Waals surface area contributed by atoms with Crippen LogP contribution in [-0.2, 0) is 30.5 Å². The molecule has 1 fully saturated rings. The standard InChI is InChI=1S/C31H40N6O5.2ClH/c1-31(2,32)30(40)34-25(20-42-18-22-11-6-4-7-12-22)28(38)35-26-17-36(21-33-26)27(23-13-8-5-9-14-23)29(39)37-16-10-15-24(37)19-41-3;;/h4-9,11-14,17,21,24-25,27H,10,15-16,18-20,32H2,1-3H3,(H,34,40)(H,35,38);2*1H/t24-,25+,27?;;/m0../s1. The molecule has 1 aliphatic rings. The molecule has 0 bridgehead atoms. The molecular formula is C31H42Cl2N6O5. The number of hydrogen-bond acceptors (Lipinski definition) is 7. The Bertz CT molecular complexity index is 1340. The van der Waals surface area contributed by atoms with Gasteiger partial charge in [0.1, 0.15) is 12.1 Å². The van der Waals surface area contributed by atoms with Gasteiger partial charge in [0, 0.05) is 19.9 Å². The molecule has 2 aromatic carbocycles. The molecule has 3 atom stereocenters. The van der Waals surface area contributed by atoms with Crippen LogP contribution in [0, 0.1) is 0 Å². The maximum atomic E-state index is 13.9. The summed E-state index contributed by atoms with van der Waals surface area (Å²) >= 11 is 0. The second-order valence-corrected chi connectivity index (χ2v) is 11.0. The number of ether oxygens (including phenoxy) is 2. The number of rotatable bonds is 13. The third-order valence-electron chi connectivity index (χ3n) is 7.12. The first-order valence-corrected chi connectivity index (χ1v) is 14.1. The van der Waals surface area contributed by atoms with Crippen LogP contribution in [-0.4, -0.2) is 76.7 Å². The van der Waals surface area contributed by atoms with Crippen LogP contribution in [0.2, 0.25) is 0 Å². The third-order valence-corrected chi connectivity index (χ3v) is 7.12. The normalized spacial score (nSPS) is 15.8. The van der Waals surface area contributed by atoms with Crippen LogP contribution in [0.5, 0.6) is 0 Å². The fourth-order valence-electron chi connectivity index (χ4n) is 4.88. The molecule has 44 heavy (non-hydrogen) atoms. The number of hydrogen-bond donors (Lipinski definition) is 3. The summed E-state index contributed by atoms with van der Waals surface area (Å²) in [5, 5.41) is 5.44. The first-order chi connectivity index (χ1) is 20.2. The number of imidazole rings is 1. The summed E-state index contributed by atoms with van der Waals surface area (Å²) in [5.74, 6) is -0.853. The van der Waals surface area contributed by atoms with Crippen molar-refractivity contribution >= 4 is 48.4 Å². The van der Waals surface area contributed by atoms with Crippen molar-refractivity contribution in [2.75, 3.05) is 32.2 Å². The second-order valence-electron chi connectivity index (χ2n) is 11.0. The van der Waals surface area contributed by atoms with Gasteiger partial charge in [-0.05, 0) is 37.8 Å². The molecule has 1 aromatic heterocycles. The van der Waals surface area contributed by atoms with Crippen molar-refractivity contribution in [3.05, 3.63) is 84.3 Å². The molecule has 3 amide bonds. The van der Waals surface area contributed by atoms with E-state index >= 15 is 0 Å². The lowest BCUT2D eigenvalue weighted by atomic mass is 10.0. The van der Waals surface area contributed by atoms with Crippen LogP contribution in [0.25, 0.3) is 0 Å². The topological polar surface area (TPSA) is 141 Å². The minimum atomic E-state index is -1.20. The van der Waals surface area contributed by atoms with Gasteiger partial charge < -0.3 is 35.3 Å². The van der Waals surface area contributed by atoms with E-state index in [1.54, 1.807) is 31.7 Å². The highest BCUT2D eigenvalue weighted by Crippen LogP contribution is 2.27. The first-order valence-electron chi connectivity index (χ1n) is 14.1. The zero-order valence-electron chi connectivity index (χ0n) is 25.2. The second kappa shape index (κ2) is 17.1. The van der Waals surface area contributed by atoms with Gasteiger partial charge in [-0.1, -0.05) is 60.7 Å². The highest BCUT2D eigenvalue weighted by atomic mass is 35.5. The van der Waals surface area contributed by atoms with E-state index < -0.39 is 29.4 Å². The van der Waals surface area contributed by atoms with Crippen LogP contribution in [0.15, 0.2) is 73.2 Å². The predicted octanol–water partition coefficient (Wildman–Crippen LogP) is 3.33. The van der Waals surface area contributed by atoms with Gasteiger partial charge in [0.05, 0.1) is 37.7 Å². The molecule has 2 heterocycles. The number of likely N-dealkylation sites (tertiary alicyclic amines) is 1. The van der Waals surface area contributed by atoms with E-state index in [0.29, 0.717) is 13.2 Å². The van der Waals surface area contributed by atoms with Crippen LogP contribution in [0.3, 0.4) is 0 Å². The quantitative estimate of drug-likeness (QED) is 0.258. The largest absolute Gasteiger partial charge is 0.383 e. The summed E-state index contributed by atoms with van der Waals surface area (Å²) in [5.41, 5.74) is 6.49. The van der Waals surface area contributed by atoms with Crippen molar-refractivity contribution in [2.45, 2.75) is 57.0 Å². The lowest BCUT2D eigenvalue weighted by Gasteiger charge is -2.29. The molecule has 4 rings (SSSR count). The molecule has 0 saturated carbocycles. The van der Waals surface area contributed by atoms with Crippen LogP contribution >= 0.6 is 24.8 Å².